The molecule has 0 bridgehead atoms. The van der Waals surface area contributed by atoms with E-state index in [1.807, 2.05) is 0 Å². The summed E-state index contributed by atoms with van der Waals surface area (Å²) in [5, 5.41) is 3.13. The predicted octanol–water partition coefficient (Wildman–Crippen LogP) is -0.189. The largest absolute Gasteiger partial charge is 0.467 e. The number of amides is 1. The number of hydrogen-bond acceptors (Lipinski definition) is 5. The van der Waals surface area contributed by atoms with Gasteiger partial charge in [0.25, 0.3) is 0 Å². The molecule has 3 unspecified atom stereocenters. The third kappa shape index (κ3) is 1.80. The number of fused-ring (bicyclic) bond motifs is 1. The van der Waals surface area contributed by atoms with Crippen LogP contribution in [0.15, 0.2) is 0 Å². The van der Waals surface area contributed by atoms with E-state index in [1.54, 1.807) is 23.7 Å². The topological polar surface area (TPSA) is 58.6 Å². The first-order chi connectivity index (χ1) is 7.69. The number of likely N-dealkylation sites (N-methyl/N-ethyl adjacent to an activating group) is 1. The van der Waals surface area contributed by atoms with Gasteiger partial charge in [0, 0.05) is 5.75 Å². The van der Waals surface area contributed by atoms with Gasteiger partial charge in [-0.15, -0.1) is 11.8 Å². The molecule has 0 aromatic heterocycles. The van der Waals surface area contributed by atoms with E-state index in [0.29, 0.717) is 6.42 Å². The number of carbonyl (C=O) groups excluding carboxylic acids is 2. The molecule has 3 atom stereocenters. The van der Waals surface area contributed by atoms with E-state index >= 15 is 0 Å². The normalized spacial score (nSPS) is 33.8. The van der Waals surface area contributed by atoms with Gasteiger partial charge in [0.05, 0.1) is 18.5 Å². The smallest absolute Gasteiger partial charge is 0.328 e. The lowest BCUT2D eigenvalue weighted by molar-refractivity contribution is -0.152. The summed E-state index contributed by atoms with van der Waals surface area (Å²) >= 11 is 1.74. The minimum atomic E-state index is -0.383. The minimum absolute atomic E-state index is 0.0270. The number of esters is 1. The Bertz CT molecular complexity index is 310. The van der Waals surface area contributed by atoms with E-state index in [0.717, 1.165) is 12.2 Å². The molecule has 1 N–H and O–H groups in total. The first-order valence-corrected chi connectivity index (χ1v) is 6.42. The van der Waals surface area contributed by atoms with Crippen molar-refractivity contribution in [3.8, 4) is 0 Å². The Balaban J connectivity index is 2.16. The maximum atomic E-state index is 12.1. The fraction of sp³-hybridized carbons (Fsp3) is 0.800. The molecule has 0 aliphatic carbocycles. The molecule has 2 rings (SSSR count). The fourth-order valence-electron chi connectivity index (χ4n) is 2.27. The van der Waals surface area contributed by atoms with Gasteiger partial charge in [-0.05, 0) is 19.9 Å². The van der Waals surface area contributed by atoms with Crippen molar-refractivity contribution in [1.82, 2.24) is 10.2 Å². The van der Waals surface area contributed by atoms with Crippen LogP contribution in [0.3, 0.4) is 0 Å². The lowest BCUT2D eigenvalue weighted by atomic mass is 10.2. The summed E-state index contributed by atoms with van der Waals surface area (Å²) in [6, 6.07) is -0.558. The van der Waals surface area contributed by atoms with Gasteiger partial charge in [0.2, 0.25) is 5.91 Å². The van der Waals surface area contributed by atoms with Crippen molar-refractivity contribution in [3.05, 3.63) is 0 Å². The van der Waals surface area contributed by atoms with Gasteiger partial charge in [-0.2, -0.15) is 0 Å². The summed E-state index contributed by atoms with van der Waals surface area (Å²) in [5.74, 6) is 0.511. The lowest BCUT2D eigenvalue weighted by Gasteiger charge is -2.36. The van der Waals surface area contributed by atoms with E-state index in [1.165, 1.54) is 7.11 Å². The first kappa shape index (κ1) is 11.7. The monoisotopic (exact) mass is 244 g/mol. The lowest BCUT2D eigenvalue weighted by Crippen LogP contribution is -2.56. The second-order valence-corrected chi connectivity index (χ2v) is 5.20. The van der Waals surface area contributed by atoms with Crippen LogP contribution in [0.2, 0.25) is 0 Å². The first-order valence-electron chi connectivity index (χ1n) is 5.38. The Morgan fingerprint density at radius 1 is 1.56 bits per heavy atom. The number of nitrogens with zero attached hydrogens (tertiary/aromatic N) is 1. The van der Waals surface area contributed by atoms with Crippen molar-refractivity contribution in [2.24, 2.45) is 0 Å². The average molecular weight is 244 g/mol. The van der Waals surface area contributed by atoms with Crippen molar-refractivity contribution in [3.63, 3.8) is 0 Å². The molecular weight excluding hydrogens is 228 g/mol. The summed E-state index contributed by atoms with van der Waals surface area (Å²) in [6.07, 6.45) is 1.60. The van der Waals surface area contributed by atoms with Crippen molar-refractivity contribution in [2.45, 2.75) is 30.3 Å². The van der Waals surface area contributed by atoms with Gasteiger partial charge >= 0.3 is 5.97 Å². The molecule has 2 fully saturated rings. The van der Waals surface area contributed by atoms with Crippen LogP contribution in [0.25, 0.3) is 0 Å². The molecule has 2 heterocycles. The molecule has 2 saturated heterocycles. The standard InChI is InChI=1S/C10H16N2O3S/c1-11-6-5-16-8-4-3-7(10(14)15-2)12(8)9(6)13/h6-8,11H,3-5H2,1-2H3. The molecule has 0 aromatic carbocycles. The summed E-state index contributed by atoms with van der Waals surface area (Å²) < 4.78 is 4.74. The zero-order valence-corrected chi connectivity index (χ0v) is 10.3. The molecule has 16 heavy (non-hydrogen) atoms. The van der Waals surface area contributed by atoms with Crippen LogP contribution in [-0.2, 0) is 14.3 Å². The van der Waals surface area contributed by atoms with Crippen LogP contribution in [0.4, 0.5) is 0 Å². The fourth-order valence-corrected chi connectivity index (χ4v) is 3.71. The Kier molecular flexibility index (Phi) is 3.39. The maximum Gasteiger partial charge on any atom is 0.328 e. The van der Waals surface area contributed by atoms with Crippen molar-refractivity contribution in [2.75, 3.05) is 19.9 Å². The van der Waals surface area contributed by atoms with E-state index < -0.39 is 0 Å². The maximum absolute atomic E-state index is 12.1. The second kappa shape index (κ2) is 4.63. The van der Waals surface area contributed by atoms with Gasteiger partial charge in [-0.1, -0.05) is 0 Å². The Hall–Kier alpha value is -0.750. The average Bonchev–Trinajstić information content (AvgIpc) is 2.73. The zero-order chi connectivity index (χ0) is 11.7. The molecule has 90 valence electrons. The number of thioether (sulfide) groups is 1. The number of carbonyl (C=O) groups is 2. The minimum Gasteiger partial charge on any atom is -0.467 e. The molecule has 1 amide bonds. The SMILES string of the molecule is CNC1CSC2CCC(C(=O)OC)N2C1=O. The van der Waals surface area contributed by atoms with Crippen LogP contribution < -0.4 is 5.32 Å². The molecule has 2 aliphatic rings. The third-order valence-corrected chi connectivity index (χ3v) is 4.54. The van der Waals surface area contributed by atoms with Crippen molar-refractivity contribution >= 4 is 23.6 Å². The van der Waals surface area contributed by atoms with Crippen LogP contribution in [-0.4, -0.2) is 54.1 Å². The number of rotatable bonds is 2. The van der Waals surface area contributed by atoms with Crippen molar-refractivity contribution < 1.29 is 14.3 Å². The zero-order valence-electron chi connectivity index (χ0n) is 9.43. The predicted molar refractivity (Wildman–Crippen MR) is 61.0 cm³/mol. The van der Waals surface area contributed by atoms with Crippen molar-refractivity contribution in [1.29, 1.82) is 0 Å². The Morgan fingerprint density at radius 2 is 2.31 bits per heavy atom. The van der Waals surface area contributed by atoms with Gasteiger partial charge in [-0.25, -0.2) is 4.79 Å². The molecule has 2 aliphatic heterocycles. The van der Waals surface area contributed by atoms with Crippen LogP contribution in [0.5, 0.6) is 0 Å². The van der Waals surface area contributed by atoms with Crippen LogP contribution in [0, 0.1) is 0 Å². The molecule has 0 spiro atoms. The van der Waals surface area contributed by atoms with E-state index in [-0.39, 0.29) is 29.3 Å². The highest BCUT2D eigenvalue weighted by Gasteiger charge is 2.46. The Labute approximate surface area is 98.9 Å². The highest BCUT2D eigenvalue weighted by Crippen LogP contribution is 2.36. The van der Waals surface area contributed by atoms with Gasteiger partial charge in [0.1, 0.15) is 6.04 Å². The summed E-state index contributed by atoms with van der Waals surface area (Å²) in [7, 11) is 3.14. The van der Waals surface area contributed by atoms with Gasteiger partial charge < -0.3 is 15.0 Å². The third-order valence-electron chi connectivity index (χ3n) is 3.16. The molecule has 6 heteroatoms. The number of methoxy groups -OCH3 is 1. The van der Waals surface area contributed by atoms with E-state index in [4.69, 9.17) is 4.74 Å². The molecule has 0 saturated carbocycles. The van der Waals surface area contributed by atoms with Crippen LogP contribution in [0.1, 0.15) is 12.8 Å². The van der Waals surface area contributed by atoms with E-state index in [9.17, 15) is 9.59 Å². The summed E-state index contributed by atoms with van der Waals surface area (Å²) in [5.41, 5.74) is 0. The highest BCUT2D eigenvalue weighted by atomic mass is 32.2. The molecular formula is C10H16N2O3S. The number of hydrogen-bond donors (Lipinski definition) is 1. The quantitative estimate of drug-likeness (QED) is 0.682. The highest BCUT2D eigenvalue weighted by molar-refractivity contribution is 8.00. The van der Waals surface area contributed by atoms with Gasteiger partial charge in [-0.3, -0.25) is 4.79 Å². The van der Waals surface area contributed by atoms with E-state index in [2.05, 4.69) is 5.32 Å². The molecule has 0 radical (unpaired) electrons. The van der Waals surface area contributed by atoms with Gasteiger partial charge in [0.15, 0.2) is 0 Å². The number of ether oxygens (including phenoxy) is 1. The Morgan fingerprint density at radius 3 is 2.94 bits per heavy atom. The van der Waals surface area contributed by atoms with Crippen LogP contribution >= 0.6 is 11.8 Å². The number of nitrogens with one attached hydrogen (secondary N) is 1. The molecule has 0 aromatic rings. The summed E-state index contributed by atoms with van der Waals surface area (Å²) in [6.45, 7) is 0. The second-order valence-electron chi connectivity index (χ2n) is 3.99. The summed E-state index contributed by atoms with van der Waals surface area (Å²) in [4.78, 5) is 25.4. The molecule has 5 nitrogen and oxygen atoms in total.